The van der Waals surface area contributed by atoms with Crippen molar-refractivity contribution in [3.8, 4) is 0 Å². The van der Waals surface area contributed by atoms with Crippen LogP contribution in [-0.2, 0) is 6.54 Å². The van der Waals surface area contributed by atoms with Crippen molar-refractivity contribution >= 4 is 5.82 Å². The van der Waals surface area contributed by atoms with Gasteiger partial charge in [0, 0.05) is 25.8 Å². The number of pyridine rings is 1. The molecule has 4 heteroatoms. The third-order valence-corrected chi connectivity index (χ3v) is 3.71. The Hall–Kier alpha value is -1.13. The highest BCUT2D eigenvalue weighted by atomic mass is 16.3. The van der Waals surface area contributed by atoms with Gasteiger partial charge in [-0.1, -0.05) is 0 Å². The molecule has 1 aliphatic rings. The second-order valence-corrected chi connectivity index (χ2v) is 5.53. The van der Waals surface area contributed by atoms with E-state index in [1.807, 2.05) is 13.1 Å². The third-order valence-electron chi connectivity index (χ3n) is 3.71. The Morgan fingerprint density at radius 3 is 2.89 bits per heavy atom. The van der Waals surface area contributed by atoms with Crippen LogP contribution in [0.2, 0.25) is 0 Å². The van der Waals surface area contributed by atoms with Crippen LogP contribution < -0.4 is 10.6 Å². The summed E-state index contributed by atoms with van der Waals surface area (Å²) in [5, 5.41) is 10.1. The maximum atomic E-state index is 10.1. The number of hydrogen-bond acceptors (Lipinski definition) is 4. The molecule has 2 rings (SSSR count). The van der Waals surface area contributed by atoms with Gasteiger partial charge in [0.25, 0.3) is 0 Å². The summed E-state index contributed by atoms with van der Waals surface area (Å²) in [5.41, 5.74) is 7.33. The van der Waals surface area contributed by atoms with E-state index in [4.69, 9.17) is 5.73 Å². The molecule has 0 spiro atoms. The lowest BCUT2D eigenvalue weighted by atomic mass is 9.98. The number of aromatic nitrogens is 1. The van der Waals surface area contributed by atoms with Gasteiger partial charge in [-0.3, -0.25) is 0 Å². The van der Waals surface area contributed by atoms with Gasteiger partial charge < -0.3 is 15.7 Å². The van der Waals surface area contributed by atoms with Crippen LogP contribution in [0, 0.1) is 6.92 Å². The highest BCUT2D eigenvalue weighted by molar-refractivity contribution is 5.47. The molecule has 1 fully saturated rings. The zero-order valence-electron chi connectivity index (χ0n) is 11.3. The number of nitrogens with zero attached hydrogens (tertiary/aromatic N) is 2. The molecule has 0 aromatic carbocycles. The fraction of sp³-hybridized carbons (Fsp3) is 0.643. The molecule has 1 atom stereocenters. The van der Waals surface area contributed by atoms with Crippen LogP contribution >= 0.6 is 0 Å². The molecule has 1 aliphatic heterocycles. The van der Waals surface area contributed by atoms with Gasteiger partial charge in [-0.25, -0.2) is 4.98 Å². The van der Waals surface area contributed by atoms with Gasteiger partial charge in [-0.2, -0.15) is 0 Å². The number of aryl methyl sites for hydroxylation is 1. The van der Waals surface area contributed by atoms with Gasteiger partial charge in [-0.15, -0.1) is 0 Å². The lowest BCUT2D eigenvalue weighted by molar-refractivity contribution is 0.0481. The van der Waals surface area contributed by atoms with Crippen LogP contribution in [-0.4, -0.2) is 28.8 Å². The predicted octanol–water partition coefficient (Wildman–Crippen LogP) is 1.59. The maximum Gasteiger partial charge on any atom is 0.131 e. The summed E-state index contributed by atoms with van der Waals surface area (Å²) >= 11 is 0. The zero-order valence-corrected chi connectivity index (χ0v) is 11.3. The molecular formula is C14H23N3O. The summed E-state index contributed by atoms with van der Waals surface area (Å²) in [4.78, 5) is 6.80. The van der Waals surface area contributed by atoms with Gasteiger partial charge in [-0.05, 0) is 50.3 Å². The van der Waals surface area contributed by atoms with E-state index in [9.17, 15) is 5.11 Å². The highest BCUT2D eigenvalue weighted by Gasteiger charge is 2.25. The summed E-state index contributed by atoms with van der Waals surface area (Å²) in [6.07, 6.45) is 4.52. The van der Waals surface area contributed by atoms with Crippen molar-refractivity contribution in [2.24, 2.45) is 5.73 Å². The summed E-state index contributed by atoms with van der Waals surface area (Å²) < 4.78 is 0. The van der Waals surface area contributed by atoms with E-state index in [1.54, 1.807) is 0 Å². The lowest BCUT2D eigenvalue weighted by Gasteiger charge is -2.24. The molecular weight excluding hydrogens is 226 g/mol. The van der Waals surface area contributed by atoms with E-state index in [1.165, 1.54) is 5.56 Å². The molecule has 0 bridgehead atoms. The predicted molar refractivity (Wildman–Crippen MR) is 73.6 cm³/mol. The smallest absolute Gasteiger partial charge is 0.131 e. The minimum absolute atomic E-state index is 0.528. The SMILES string of the molecule is Cc1cc(CN)cnc1N1CCCC(C)(O)CC1. The molecule has 0 amide bonds. The largest absolute Gasteiger partial charge is 0.390 e. The van der Waals surface area contributed by atoms with Crippen LogP contribution in [0.4, 0.5) is 5.82 Å². The Morgan fingerprint density at radius 1 is 1.44 bits per heavy atom. The molecule has 100 valence electrons. The number of anilines is 1. The Morgan fingerprint density at radius 2 is 2.22 bits per heavy atom. The number of aliphatic hydroxyl groups is 1. The molecule has 4 nitrogen and oxygen atoms in total. The van der Waals surface area contributed by atoms with E-state index >= 15 is 0 Å². The summed E-state index contributed by atoms with van der Waals surface area (Å²) in [6.45, 7) is 6.36. The van der Waals surface area contributed by atoms with Crippen molar-refractivity contribution in [3.63, 3.8) is 0 Å². The first-order valence-electron chi connectivity index (χ1n) is 6.65. The minimum Gasteiger partial charge on any atom is -0.390 e. The zero-order chi connectivity index (χ0) is 13.2. The fourth-order valence-corrected chi connectivity index (χ4v) is 2.54. The van der Waals surface area contributed by atoms with E-state index in [2.05, 4.69) is 22.9 Å². The number of hydrogen-bond donors (Lipinski definition) is 2. The van der Waals surface area contributed by atoms with Crippen LogP contribution in [0.1, 0.15) is 37.3 Å². The second-order valence-electron chi connectivity index (χ2n) is 5.53. The first-order valence-corrected chi connectivity index (χ1v) is 6.65. The highest BCUT2D eigenvalue weighted by Crippen LogP contribution is 2.26. The number of rotatable bonds is 2. The van der Waals surface area contributed by atoms with Crippen molar-refractivity contribution in [3.05, 3.63) is 23.4 Å². The fourth-order valence-electron chi connectivity index (χ4n) is 2.54. The van der Waals surface area contributed by atoms with E-state index in [-0.39, 0.29) is 0 Å². The van der Waals surface area contributed by atoms with Gasteiger partial charge in [0.05, 0.1) is 5.60 Å². The van der Waals surface area contributed by atoms with Crippen molar-refractivity contribution in [1.29, 1.82) is 0 Å². The van der Waals surface area contributed by atoms with E-state index in [0.717, 1.165) is 43.7 Å². The van der Waals surface area contributed by atoms with Gasteiger partial charge >= 0.3 is 0 Å². The lowest BCUT2D eigenvalue weighted by Crippen LogP contribution is -2.29. The van der Waals surface area contributed by atoms with Crippen molar-refractivity contribution in [2.45, 2.75) is 45.3 Å². The molecule has 1 unspecified atom stereocenters. The van der Waals surface area contributed by atoms with Crippen molar-refractivity contribution in [2.75, 3.05) is 18.0 Å². The molecule has 1 aromatic heterocycles. The maximum absolute atomic E-state index is 10.1. The topological polar surface area (TPSA) is 62.4 Å². The molecule has 0 saturated carbocycles. The average Bonchev–Trinajstić information content (AvgIpc) is 2.50. The number of nitrogens with two attached hydrogens (primary N) is 1. The van der Waals surface area contributed by atoms with E-state index < -0.39 is 5.60 Å². The standard InChI is InChI=1S/C14H23N3O/c1-11-8-12(9-15)10-16-13(11)17-6-3-4-14(2,18)5-7-17/h8,10,18H,3-7,9,15H2,1-2H3. The minimum atomic E-state index is -0.528. The monoisotopic (exact) mass is 249 g/mol. The first-order chi connectivity index (χ1) is 8.52. The first kappa shape index (κ1) is 13.3. The van der Waals surface area contributed by atoms with Crippen LogP contribution in [0.25, 0.3) is 0 Å². The molecule has 1 aromatic rings. The molecule has 0 aliphatic carbocycles. The molecule has 3 N–H and O–H groups in total. The third kappa shape index (κ3) is 3.00. The second kappa shape index (κ2) is 5.24. The average molecular weight is 249 g/mol. The molecule has 2 heterocycles. The normalized spacial score (nSPS) is 25.0. The van der Waals surface area contributed by atoms with E-state index in [0.29, 0.717) is 6.54 Å². The molecule has 18 heavy (non-hydrogen) atoms. The quantitative estimate of drug-likeness (QED) is 0.835. The Kier molecular flexibility index (Phi) is 3.88. The van der Waals surface area contributed by atoms with Gasteiger partial charge in [0.2, 0.25) is 0 Å². The molecule has 0 radical (unpaired) electrons. The summed E-state index contributed by atoms with van der Waals surface area (Å²) in [7, 11) is 0. The van der Waals surface area contributed by atoms with Crippen LogP contribution in [0.5, 0.6) is 0 Å². The van der Waals surface area contributed by atoms with Gasteiger partial charge in [0.15, 0.2) is 0 Å². The summed E-state index contributed by atoms with van der Waals surface area (Å²) in [5.74, 6) is 1.03. The Bertz CT molecular complexity index is 418. The van der Waals surface area contributed by atoms with Crippen LogP contribution in [0.15, 0.2) is 12.3 Å². The van der Waals surface area contributed by atoms with Gasteiger partial charge in [0.1, 0.15) is 5.82 Å². The van der Waals surface area contributed by atoms with Crippen LogP contribution in [0.3, 0.4) is 0 Å². The van der Waals surface area contributed by atoms with Crippen molar-refractivity contribution in [1.82, 2.24) is 4.98 Å². The van der Waals surface area contributed by atoms with Crippen molar-refractivity contribution < 1.29 is 5.11 Å². The Labute approximate surface area is 109 Å². The summed E-state index contributed by atoms with van der Waals surface area (Å²) in [6, 6.07) is 2.10. The molecule has 1 saturated heterocycles. The Balaban J connectivity index is 2.16.